The van der Waals surface area contributed by atoms with E-state index in [9.17, 15) is 4.39 Å². The lowest BCUT2D eigenvalue weighted by molar-refractivity contribution is 0.593. The topological polar surface area (TPSA) is 51.8 Å². The Kier molecular flexibility index (Phi) is 2.93. The van der Waals surface area contributed by atoms with Crippen LogP contribution in [0.3, 0.4) is 0 Å². The molecule has 94 valence electrons. The van der Waals surface area contributed by atoms with E-state index < -0.39 is 11.9 Å². The highest BCUT2D eigenvalue weighted by atomic mass is 19.1. The molecule has 3 nitrogen and oxygen atoms in total. The summed E-state index contributed by atoms with van der Waals surface area (Å²) in [5.74, 6) is -0.400. The van der Waals surface area contributed by atoms with Crippen LogP contribution in [0.1, 0.15) is 17.2 Å². The van der Waals surface area contributed by atoms with Crippen LogP contribution in [0.5, 0.6) is 0 Å². The molecule has 1 unspecified atom stereocenters. The number of aromatic nitrogens is 2. The van der Waals surface area contributed by atoms with Gasteiger partial charge in [-0.2, -0.15) is 0 Å². The average molecular weight is 253 g/mol. The predicted octanol–water partition coefficient (Wildman–Crippen LogP) is 2.82. The Hall–Kier alpha value is -2.33. The molecule has 4 heteroatoms. The Bertz CT molecular complexity index is 722. The number of nitrogens with zero attached hydrogens (tertiary/aromatic N) is 2. The molecule has 2 N–H and O–H groups in total. The first-order chi connectivity index (χ1) is 9.27. The van der Waals surface area contributed by atoms with E-state index in [-0.39, 0.29) is 0 Å². The SMILES string of the molecule is NC(c1ccncc1F)c1cccc2cccnc12. The Morgan fingerprint density at radius 2 is 1.84 bits per heavy atom. The summed E-state index contributed by atoms with van der Waals surface area (Å²) >= 11 is 0. The van der Waals surface area contributed by atoms with Crippen molar-refractivity contribution >= 4 is 10.9 Å². The van der Waals surface area contributed by atoms with Crippen LogP contribution in [0.15, 0.2) is 55.0 Å². The molecule has 0 amide bonds. The molecule has 2 heterocycles. The van der Waals surface area contributed by atoms with E-state index in [1.807, 2.05) is 30.3 Å². The average Bonchev–Trinajstić information content (AvgIpc) is 2.46. The molecule has 1 aromatic carbocycles. The van der Waals surface area contributed by atoms with Crippen molar-refractivity contribution in [3.05, 3.63) is 71.9 Å². The van der Waals surface area contributed by atoms with E-state index in [0.29, 0.717) is 5.56 Å². The van der Waals surface area contributed by atoms with Gasteiger partial charge in [0.05, 0.1) is 17.8 Å². The summed E-state index contributed by atoms with van der Waals surface area (Å²) in [6, 6.07) is 10.6. The molecule has 0 saturated carbocycles. The Morgan fingerprint density at radius 1 is 1.00 bits per heavy atom. The second-order valence-electron chi connectivity index (χ2n) is 4.30. The van der Waals surface area contributed by atoms with Gasteiger partial charge in [-0.1, -0.05) is 24.3 Å². The molecule has 19 heavy (non-hydrogen) atoms. The lowest BCUT2D eigenvalue weighted by Crippen LogP contribution is -2.14. The van der Waals surface area contributed by atoms with Gasteiger partial charge in [-0.05, 0) is 17.7 Å². The molecule has 0 radical (unpaired) electrons. The van der Waals surface area contributed by atoms with Crippen LogP contribution in [-0.4, -0.2) is 9.97 Å². The molecule has 1 atom stereocenters. The number of para-hydroxylation sites is 1. The van der Waals surface area contributed by atoms with Gasteiger partial charge < -0.3 is 5.73 Å². The zero-order valence-electron chi connectivity index (χ0n) is 10.1. The summed E-state index contributed by atoms with van der Waals surface area (Å²) in [5.41, 5.74) is 8.21. The summed E-state index contributed by atoms with van der Waals surface area (Å²) < 4.78 is 13.8. The molecular weight excluding hydrogens is 241 g/mol. The maximum Gasteiger partial charge on any atom is 0.146 e. The van der Waals surface area contributed by atoms with Crippen LogP contribution >= 0.6 is 0 Å². The summed E-state index contributed by atoms with van der Waals surface area (Å²) in [6.07, 6.45) is 4.42. The van der Waals surface area contributed by atoms with Crippen molar-refractivity contribution in [2.45, 2.75) is 6.04 Å². The largest absolute Gasteiger partial charge is 0.320 e. The predicted molar refractivity (Wildman–Crippen MR) is 72.0 cm³/mol. The number of pyridine rings is 2. The van der Waals surface area contributed by atoms with Gasteiger partial charge in [0.2, 0.25) is 0 Å². The van der Waals surface area contributed by atoms with Gasteiger partial charge in [-0.3, -0.25) is 9.97 Å². The Morgan fingerprint density at radius 3 is 2.68 bits per heavy atom. The summed E-state index contributed by atoms with van der Waals surface area (Å²) in [4.78, 5) is 8.08. The molecule has 0 aliphatic heterocycles. The lowest BCUT2D eigenvalue weighted by atomic mass is 9.97. The number of nitrogens with two attached hydrogens (primary N) is 1. The summed E-state index contributed by atoms with van der Waals surface area (Å²) in [5, 5.41) is 0.991. The van der Waals surface area contributed by atoms with Gasteiger partial charge >= 0.3 is 0 Å². The zero-order valence-corrected chi connectivity index (χ0v) is 10.1. The highest BCUT2D eigenvalue weighted by molar-refractivity contribution is 5.82. The Balaban J connectivity index is 2.17. The molecule has 3 rings (SSSR count). The van der Waals surface area contributed by atoms with Crippen molar-refractivity contribution in [2.24, 2.45) is 5.73 Å². The first-order valence-electron chi connectivity index (χ1n) is 5.96. The number of halogens is 1. The highest BCUT2D eigenvalue weighted by Crippen LogP contribution is 2.26. The van der Waals surface area contributed by atoms with Crippen molar-refractivity contribution in [1.82, 2.24) is 9.97 Å². The highest BCUT2D eigenvalue weighted by Gasteiger charge is 2.16. The first-order valence-corrected chi connectivity index (χ1v) is 5.96. The third kappa shape index (κ3) is 2.06. The molecule has 0 bridgehead atoms. The van der Waals surface area contributed by atoms with Crippen LogP contribution in [-0.2, 0) is 0 Å². The van der Waals surface area contributed by atoms with E-state index in [2.05, 4.69) is 9.97 Å². The van der Waals surface area contributed by atoms with Gasteiger partial charge in [0, 0.05) is 23.3 Å². The number of rotatable bonds is 2. The van der Waals surface area contributed by atoms with E-state index in [1.165, 1.54) is 12.4 Å². The smallest absolute Gasteiger partial charge is 0.146 e. The quantitative estimate of drug-likeness (QED) is 0.764. The fourth-order valence-corrected chi connectivity index (χ4v) is 2.18. The van der Waals surface area contributed by atoms with Crippen LogP contribution in [0.4, 0.5) is 4.39 Å². The Labute approximate surface area is 109 Å². The van der Waals surface area contributed by atoms with Crippen LogP contribution in [0, 0.1) is 5.82 Å². The van der Waals surface area contributed by atoms with Crippen LogP contribution < -0.4 is 5.73 Å². The van der Waals surface area contributed by atoms with Crippen molar-refractivity contribution in [3.63, 3.8) is 0 Å². The van der Waals surface area contributed by atoms with Crippen molar-refractivity contribution < 1.29 is 4.39 Å². The third-order valence-electron chi connectivity index (χ3n) is 3.14. The number of hydrogen-bond donors (Lipinski definition) is 1. The maximum atomic E-state index is 13.8. The molecule has 0 saturated heterocycles. The minimum Gasteiger partial charge on any atom is -0.320 e. The van der Waals surface area contributed by atoms with E-state index in [4.69, 9.17) is 5.73 Å². The molecule has 0 fully saturated rings. The summed E-state index contributed by atoms with van der Waals surface area (Å²) in [6.45, 7) is 0. The zero-order chi connectivity index (χ0) is 13.2. The molecular formula is C15H12FN3. The monoisotopic (exact) mass is 253 g/mol. The second-order valence-corrected chi connectivity index (χ2v) is 4.30. The minimum absolute atomic E-state index is 0.400. The maximum absolute atomic E-state index is 13.8. The van der Waals surface area contributed by atoms with Crippen molar-refractivity contribution in [3.8, 4) is 0 Å². The van der Waals surface area contributed by atoms with E-state index in [1.54, 1.807) is 12.3 Å². The van der Waals surface area contributed by atoms with Crippen LogP contribution in [0.25, 0.3) is 10.9 Å². The molecule has 0 spiro atoms. The van der Waals surface area contributed by atoms with E-state index in [0.717, 1.165) is 16.5 Å². The normalized spacial score (nSPS) is 12.5. The van der Waals surface area contributed by atoms with E-state index >= 15 is 0 Å². The molecule has 0 aliphatic rings. The van der Waals surface area contributed by atoms with Crippen LogP contribution in [0.2, 0.25) is 0 Å². The third-order valence-corrected chi connectivity index (χ3v) is 3.14. The molecule has 0 aliphatic carbocycles. The van der Waals surface area contributed by atoms with Gasteiger partial charge in [-0.15, -0.1) is 0 Å². The van der Waals surface area contributed by atoms with Crippen molar-refractivity contribution in [1.29, 1.82) is 0 Å². The van der Waals surface area contributed by atoms with Gasteiger partial charge in [0.1, 0.15) is 5.82 Å². The van der Waals surface area contributed by atoms with Crippen molar-refractivity contribution in [2.75, 3.05) is 0 Å². The number of fused-ring (bicyclic) bond motifs is 1. The second kappa shape index (κ2) is 4.74. The molecule has 3 aromatic rings. The standard InChI is InChI=1S/C15H12FN3/c16-13-9-18-8-6-11(13)14(17)12-5-1-3-10-4-2-7-19-15(10)12/h1-9,14H,17H2. The summed E-state index contributed by atoms with van der Waals surface area (Å²) in [7, 11) is 0. The van der Waals surface area contributed by atoms with Gasteiger partial charge in [0.15, 0.2) is 0 Å². The molecule has 2 aromatic heterocycles. The fourth-order valence-electron chi connectivity index (χ4n) is 2.18. The number of benzene rings is 1. The fraction of sp³-hybridized carbons (Fsp3) is 0.0667. The lowest BCUT2D eigenvalue weighted by Gasteiger charge is -2.14. The first kappa shape index (κ1) is 11.7. The van der Waals surface area contributed by atoms with Gasteiger partial charge in [0.25, 0.3) is 0 Å². The number of hydrogen-bond acceptors (Lipinski definition) is 3. The van der Waals surface area contributed by atoms with Gasteiger partial charge in [-0.25, -0.2) is 4.39 Å². The minimum atomic E-state index is -0.554.